The van der Waals surface area contributed by atoms with Crippen molar-refractivity contribution >= 4 is 11.8 Å². The van der Waals surface area contributed by atoms with Crippen LogP contribution >= 0.6 is 0 Å². The second kappa shape index (κ2) is 5.26. The molecule has 2 aliphatic rings. The van der Waals surface area contributed by atoms with Crippen LogP contribution < -0.4 is 5.32 Å². The first-order chi connectivity index (χ1) is 9.98. The summed E-state index contributed by atoms with van der Waals surface area (Å²) in [5, 5.41) is 3.51. The topological polar surface area (TPSA) is 49.4 Å². The Bertz CT molecular complexity index is 545. The monoisotopic (exact) mass is 286 g/mol. The van der Waals surface area contributed by atoms with Crippen LogP contribution in [0.15, 0.2) is 24.3 Å². The van der Waals surface area contributed by atoms with E-state index in [1.807, 2.05) is 0 Å². The van der Waals surface area contributed by atoms with Crippen molar-refractivity contribution in [1.82, 2.24) is 10.2 Å². The second-order valence-electron chi connectivity index (χ2n) is 6.78. The SMILES string of the molecule is CC1(C)CC(CCCN2C(=O)c3ccccc3C2=O)CN1. The van der Waals surface area contributed by atoms with Crippen molar-refractivity contribution in [2.75, 3.05) is 13.1 Å². The maximum atomic E-state index is 12.2. The molecule has 0 aliphatic carbocycles. The lowest BCUT2D eigenvalue weighted by Gasteiger charge is -2.18. The smallest absolute Gasteiger partial charge is 0.261 e. The maximum absolute atomic E-state index is 12.2. The predicted molar refractivity (Wildman–Crippen MR) is 81.2 cm³/mol. The Labute approximate surface area is 125 Å². The van der Waals surface area contributed by atoms with Crippen molar-refractivity contribution in [3.8, 4) is 0 Å². The van der Waals surface area contributed by atoms with Crippen molar-refractivity contribution in [1.29, 1.82) is 0 Å². The average Bonchev–Trinajstić information content (AvgIpc) is 2.92. The Kier molecular flexibility index (Phi) is 3.57. The van der Waals surface area contributed by atoms with Gasteiger partial charge in [0.25, 0.3) is 11.8 Å². The molecule has 1 N–H and O–H groups in total. The summed E-state index contributed by atoms with van der Waals surface area (Å²) in [6.45, 7) is 6.01. The fourth-order valence-electron chi connectivity index (χ4n) is 3.47. The van der Waals surface area contributed by atoms with Crippen LogP contribution in [-0.4, -0.2) is 35.3 Å². The van der Waals surface area contributed by atoms with Gasteiger partial charge in [0.1, 0.15) is 0 Å². The molecule has 4 heteroatoms. The summed E-state index contributed by atoms with van der Waals surface area (Å²) >= 11 is 0. The Morgan fingerprint density at radius 3 is 2.33 bits per heavy atom. The first kappa shape index (κ1) is 14.3. The normalized spacial score (nSPS) is 23.7. The molecular formula is C17H22N2O2. The molecule has 1 saturated heterocycles. The fourth-order valence-corrected chi connectivity index (χ4v) is 3.47. The third-order valence-electron chi connectivity index (χ3n) is 4.54. The van der Waals surface area contributed by atoms with Crippen molar-refractivity contribution in [3.63, 3.8) is 0 Å². The minimum atomic E-state index is -0.138. The molecule has 0 aromatic heterocycles. The van der Waals surface area contributed by atoms with E-state index < -0.39 is 0 Å². The second-order valence-corrected chi connectivity index (χ2v) is 6.78. The molecule has 1 aromatic rings. The molecule has 1 unspecified atom stereocenters. The Morgan fingerprint density at radius 1 is 1.19 bits per heavy atom. The van der Waals surface area contributed by atoms with E-state index in [0.29, 0.717) is 23.6 Å². The summed E-state index contributed by atoms with van der Waals surface area (Å²) in [4.78, 5) is 25.9. The largest absolute Gasteiger partial charge is 0.312 e. The van der Waals surface area contributed by atoms with Gasteiger partial charge in [-0.05, 0) is 57.7 Å². The van der Waals surface area contributed by atoms with Gasteiger partial charge in [-0.25, -0.2) is 0 Å². The van der Waals surface area contributed by atoms with Gasteiger partial charge in [-0.1, -0.05) is 12.1 Å². The Morgan fingerprint density at radius 2 is 1.81 bits per heavy atom. The van der Waals surface area contributed by atoms with Crippen LogP contribution in [0, 0.1) is 5.92 Å². The van der Waals surface area contributed by atoms with Gasteiger partial charge in [0, 0.05) is 12.1 Å². The summed E-state index contributed by atoms with van der Waals surface area (Å²) in [5.74, 6) is 0.371. The maximum Gasteiger partial charge on any atom is 0.261 e. The minimum Gasteiger partial charge on any atom is -0.312 e. The van der Waals surface area contributed by atoms with Crippen molar-refractivity contribution in [2.24, 2.45) is 5.92 Å². The highest BCUT2D eigenvalue weighted by molar-refractivity contribution is 6.21. The number of amides is 2. The Balaban J connectivity index is 1.56. The summed E-state index contributed by atoms with van der Waals surface area (Å²) in [5.41, 5.74) is 1.32. The number of nitrogens with one attached hydrogen (secondary N) is 1. The number of carbonyl (C=O) groups is 2. The zero-order valence-corrected chi connectivity index (χ0v) is 12.7. The molecule has 1 fully saturated rings. The lowest BCUT2D eigenvalue weighted by atomic mass is 9.94. The van der Waals surface area contributed by atoms with E-state index in [2.05, 4.69) is 19.2 Å². The highest BCUT2D eigenvalue weighted by Gasteiger charge is 2.35. The summed E-state index contributed by atoms with van der Waals surface area (Å²) < 4.78 is 0. The minimum absolute atomic E-state index is 0.138. The molecule has 2 amide bonds. The van der Waals surface area contributed by atoms with Crippen LogP contribution in [-0.2, 0) is 0 Å². The zero-order chi connectivity index (χ0) is 15.0. The molecule has 1 aromatic carbocycles. The third-order valence-corrected chi connectivity index (χ3v) is 4.54. The van der Waals surface area contributed by atoms with Crippen molar-refractivity contribution in [3.05, 3.63) is 35.4 Å². The van der Waals surface area contributed by atoms with E-state index in [1.54, 1.807) is 24.3 Å². The van der Waals surface area contributed by atoms with Gasteiger partial charge in [0.2, 0.25) is 0 Å². The molecule has 3 rings (SSSR count). The van der Waals surface area contributed by atoms with Crippen molar-refractivity contribution < 1.29 is 9.59 Å². The van der Waals surface area contributed by atoms with Crippen LogP contribution in [0.25, 0.3) is 0 Å². The van der Waals surface area contributed by atoms with Gasteiger partial charge in [-0.2, -0.15) is 0 Å². The van der Waals surface area contributed by atoms with Gasteiger partial charge in [0.15, 0.2) is 0 Å². The molecule has 0 radical (unpaired) electrons. The number of rotatable bonds is 4. The van der Waals surface area contributed by atoms with E-state index in [1.165, 1.54) is 4.90 Å². The number of carbonyl (C=O) groups excluding carboxylic acids is 2. The molecule has 1 atom stereocenters. The summed E-state index contributed by atoms with van der Waals surface area (Å²) in [6, 6.07) is 7.08. The lowest BCUT2D eigenvalue weighted by Crippen LogP contribution is -2.31. The molecule has 112 valence electrons. The molecular weight excluding hydrogens is 264 g/mol. The number of hydrogen-bond acceptors (Lipinski definition) is 3. The van der Waals surface area contributed by atoms with Gasteiger partial charge in [-0.3, -0.25) is 14.5 Å². The van der Waals surface area contributed by atoms with Crippen LogP contribution in [0.5, 0.6) is 0 Å². The number of benzene rings is 1. The van der Waals surface area contributed by atoms with E-state index in [4.69, 9.17) is 0 Å². The first-order valence-electron chi connectivity index (χ1n) is 7.68. The molecule has 0 bridgehead atoms. The summed E-state index contributed by atoms with van der Waals surface area (Å²) in [6.07, 6.45) is 3.10. The van der Waals surface area contributed by atoms with Gasteiger partial charge < -0.3 is 5.32 Å². The standard InChI is InChI=1S/C17H22N2O2/c1-17(2)10-12(11-18-17)6-5-9-19-15(20)13-7-3-4-8-14(13)16(19)21/h3-4,7-8,12,18H,5-6,9-11H2,1-2H3. The van der Waals surface area contributed by atoms with Gasteiger partial charge in [-0.15, -0.1) is 0 Å². The molecule has 2 aliphatic heterocycles. The Hall–Kier alpha value is -1.68. The van der Waals surface area contributed by atoms with E-state index in [-0.39, 0.29) is 17.4 Å². The van der Waals surface area contributed by atoms with Crippen LogP contribution in [0.4, 0.5) is 0 Å². The quantitative estimate of drug-likeness (QED) is 0.865. The molecule has 4 nitrogen and oxygen atoms in total. The van der Waals surface area contributed by atoms with Gasteiger partial charge in [0.05, 0.1) is 11.1 Å². The van der Waals surface area contributed by atoms with Crippen LogP contribution in [0.3, 0.4) is 0 Å². The highest BCUT2D eigenvalue weighted by Crippen LogP contribution is 2.28. The van der Waals surface area contributed by atoms with E-state index >= 15 is 0 Å². The predicted octanol–water partition coefficient (Wildman–Crippen LogP) is 2.45. The molecule has 21 heavy (non-hydrogen) atoms. The number of nitrogens with zero attached hydrogens (tertiary/aromatic N) is 1. The zero-order valence-electron chi connectivity index (χ0n) is 12.7. The molecule has 0 spiro atoms. The van der Waals surface area contributed by atoms with Crippen LogP contribution in [0.2, 0.25) is 0 Å². The third kappa shape index (κ3) is 2.72. The average molecular weight is 286 g/mol. The lowest BCUT2D eigenvalue weighted by molar-refractivity contribution is 0.0650. The highest BCUT2D eigenvalue weighted by atomic mass is 16.2. The number of imide groups is 1. The first-order valence-corrected chi connectivity index (χ1v) is 7.68. The molecule has 0 saturated carbocycles. The number of fused-ring (bicyclic) bond motifs is 1. The van der Waals surface area contributed by atoms with Gasteiger partial charge >= 0.3 is 0 Å². The van der Waals surface area contributed by atoms with Crippen molar-refractivity contribution in [2.45, 2.75) is 38.6 Å². The molecule has 2 heterocycles. The number of hydrogen-bond donors (Lipinski definition) is 1. The van der Waals surface area contributed by atoms with Crippen LogP contribution in [0.1, 0.15) is 53.8 Å². The van der Waals surface area contributed by atoms with E-state index in [0.717, 1.165) is 25.8 Å². The van der Waals surface area contributed by atoms with E-state index in [9.17, 15) is 9.59 Å². The summed E-state index contributed by atoms with van der Waals surface area (Å²) in [7, 11) is 0. The fraction of sp³-hybridized carbons (Fsp3) is 0.529.